The molecule has 1 N–H and O–H groups in total. The highest BCUT2D eigenvalue weighted by Crippen LogP contribution is 2.21. The first-order chi connectivity index (χ1) is 9.65. The Balaban J connectivity index is 1.95. The van der Waals surface area contributed by atoms with E-state index in [0.717, 1.165) is 16.9 Å². The maximum absolute atomic E-state index is 10.5. The zero-order valence-electron chi connectivity index (χ0n) is 11.3. The molecule has 0 radical (unpaired) electrons. The molecule has 4 nitrogen and oxygen atoms in total. The number of nitrogens with zero attached hydrogens (tertiary/aromatic N) is 1. The third-order valence-electron chi connectivity index (χ3n) is 3.04. The second kappa shape index (κ2) is 6.70. The minimum Gasteiger partial charge on any atom is -0.486 e. The van der Waals surface area contributed by atoms with Crippen molar-refractivity contribution >= 4 is 5.97 Å². The summed E-state index contributed by atoms with van der Waals surface area (Å²) in [7, 11) is 0. The topological polar surface area (TPSA) is 59.4 Å². The van der Waals surface area contributed by atoms with Crippen LogP contribution in [0.1, 0.15) is 30.6 Å². The van der Waals surface area contributed by atoms with E-state index < -0.39 is 5.97 Å². The zero-order valence-corrected chi connectivity index (χ0v) is 11.3. The molecular formula is C16H17NO3. The molecule has 1 aromatic heterocycles. The smallest absolute Gasteiger partial charge is 0.303 e. The number of aryl methyl sites for hydroxylation is 1. The van der Waals surface area contributed by atoms with E-state index in [1.54, 1.807) is 12.4 Å². The molecule has 2 rings (SSSR count). The second-order valence-corrected chi connectivity index (χ2v) is 4.58. The van der Waals surface area contributed by atoms with Gasteiger partial charge < -0.3 is 9.84 Å². The number of pyridine rings is 1. The first-order valence-corrected chi connectivity index (χ1v) is 6.52. The Morgan fingerprint density at radius 3 is 2.45 bits per heavy atom. The quantitative estimate of drug-likeness (QED) is 0.876. The predicted molar refractivity (Wildman–Crippen MR) is 75.7 cm³/mol. The number of benzene rings is 1. The number of carboxylic acids is 1. The summed E-state index contributed by atoms with van der Waals surface area (Å²) in [6.45, 7) is 1.98. The number of hydrogen-bond acceptors (Lipinski definition) is 3. The van der Waals surface area contributed by atoms with Crippen LogP contribution < -0.4 is 4.74 Å². The van der Waals surface area contributed by atoms with E-state index in [2.05, 4.69) is 4.98 Å². The Labute approximate surface area is 118 Å². The first-order valence-electron chi connectivity index (χ1n) is 6.52. The Hall–Kier alpha value is -2.36. The zero-order chi connectivity index (χ0) is 14.4. The molecule has 0 saturated carbocycles. The summed E-state index contributed by atoms with van der Waals surface area (Å²) in [5, 5.41) is 8.64. The number of rotatable bonds is 6. The molecule has 104 valence electrons. The molecular weight excluding hydrogens is 254 g/mol. The van der Waals surface area contributed by atoms with E-state index in [-0.39, 0.29) is 12.5 Å². The normalized spacial score (nSPS) is 11.8. The molecule has 20 heavy (non-hydrogen) atoms. The molecule has 1 heterocycles. The molecule has 1 aromatic carbocycles. The molecule has 0 saturated heterocycles. The van der Waals surface area contributed by atoms with Gasteiger partial charge >= 0.3 is 5.97 Å². The van der Waals surface area contributed by atoms with Gasteiger partial charge in [0.05, 0.1) is 0 Å². The lowest BCUT2D eigenvalue weighted by atomic mass is 10.1. The number of aliphatic carboxylic acids is 1. The minimum atomic E-state index is -0.781. The van der Waals surface area contributed by atoms with E-state index in [1.165, 1.54) is 0 Å². The maximum atomic E-state index is 10.5. The van der Waals surface area contributed by atoms with Gasteiger partial charge in [-0.1, -0.05) is 12.1 Å². The molecule has 0 aliphatic carbocycles. The summed E-state index contributed by atoms with van der Waals surface area (Å²) >= 11 is 0. The van der Waals surface area contributed by atoms with Crippen molar-refractivity contribution in [1.29, 1.82) is 0 Å². The standard InChI is InChI=1S/C16H17NO3/c1-12(14-8-10-17-11-9-14)20-15-5-2-13(3-6-15)4-7-16(18)19/h2-3,5-6,8-12H,4,7H2,1H3,(H,18,19). The molecule has 1 atom stereocenters. The van der Waals surface area contributed by atoms with Crippen molar-refractivity contribution in [2.75, 3.05) is 0 Å². The summed E-state index contributed by atoms with van der Waals surface area (Å²) in [5.41, 5.74) is 2.06. The number of ether oxygens (including phenoxy) is 1. The minimum absolute atomic E-state index is 0.0529. The molecule has 0 bridgehead atoms. The van der Waals surface area contributed by atoms with Crippen molar-refractivity contribution in [3.05, 3.63) is 59.9 Å². The Morgan fingerprint density at radius 1 is 1.20 bits per heavy atom. The van der Waals surface area contributed by atoms with E-state index in [9.17, 15) is 4.79 Å². The average Bonchev–Trinajstić information content (AvgIpc) is 2.47. The summed E-state index contributed by atoms with van der Waals surface area (Å²) in [6.07, 6.45) is 4.11. The van der Waals surface area contributed by atoms with Gasteiger partial charge in [-0.25, -0.2) is 0 Å². The number of aromatic nitrogens is 1. The number of carbonyl (C=O) groups is 1. The first kappa shape index (κ1) is 14.1. The third kappa shape index (κ3) is 4.09. The molecule has 2 aromatic rings. The van der Waals surface area contributed by atoms with Crippen LogP contribution in [0.15, 0.2) is 48.8 Å². The highest BCUT2D eigenvalue weighted by atomic mass is 16.5. The molecule has 0 spiro atoms. The van der Waals surface area contributed by atoms with Gasteiger partial charge in [0, 0.05) is 18.8 Å². The summed E-state index contributed by atoms with van der Waals surface area (Å²) < 4.78 is 5.84. The Kier molecular flexibility index (Phi) is 4.71. The highest BCUT2D eigenvalue weighted by Gasteiger charge is 2.07. The van der Waals surface area contributed by atoms with Gasteiger partial charge in [-0.3, -0.25) is 9.78 Å². The van der Waals surface area contributed by atoms with Crippen LogP contribution in [0.2, 0.25) is 0 Å². The summed E-state index contributed by atoms with van der Waals surface area (Å²) in [6, 6.07) is 11.4. The van der Waals surface area contributed by atoms with E-state index in [0.29, 0.717) is 6.42 Å². The van der Waals surface area contributed by atoms with Crippen LogP contribution in [0.4, 0.5) is 0 Å². The van der Waals surface area contributed by atoms with Gasteiger partial charge in [-0.15, -0.1) is 0 Å². The predicted octanol–water partition coefficient (Wildman–Crippen LogP) is 3.24. The second-order valence-electron chi connectivity index (χ2n) is 4.58. The van der Waals surface area contributed by atoms with Crippen LogP contribution in [-0.4, -0.2) is 16.1 Å². The van der Waals surface area contributed by atoms with E-state index in [1.807, 2.05) is 43.3 Å². The van der Waals surface area contributed by atoms with Gasteiger partial charge in [0.2, 0.25) is 0 Å². The number of hydrogen-bond donors (Lipinski definition) is 1. The van der Waals surface area contributed by atoms with Crippen molar-refractivity contribution in [2.45, 2.75) is 25.9 Å². The third-order valence-corrected chi connectivity index (χ3v) is 3.04. The number of carboxylic acid groups (broad SMARTS) is 1. The lowest BCUT2D eigenvalue weighted by Gasteiger charge is -2.15. The monoisotopic (exact) mass is 271 g/mol. The van der Waals surface area contributed by atoms with Gasteiger partial charge in [-0.2, -0.15) is 0 Å². The Morgan fingerprint density at radius 2 is 1.85 bits per heavy atom. The van der Waals surface area contributed by atoms with Crippen molar-refractivity contribution in [1.82, 2.24) is 4.98 Å². The van der Waals surface area contributed by atoms with Crippen LogP contribution in [0.3, 0.4) is 0 Å². The lowest BCUT2D eigenvalue weighted by Crippen LogP contribution is -2.03. The molecule has 0 fully saturated rings. The van der Waals surface area contributed by atoms with Crippen LogP contribution in [0, 0.1) is 0 Å². The van der Waals surface area contributed by atoms with Crippen LogP contribution in [0.25, 0.3) is 0 Å². The lowest BCUT2D eigenvalue weighted by molar-refractivity contribution is -0.136. The summed E-state index contributed by atoms with van der Waals surface area (Å²) in [4.78, 5) is 14.5. The molecule has 1 unspecified atom stereocenters. The Bertz CT molecular complexity index is 552. The van der Waals surface area contributed by atoms with Crippen LogP contribution in [0.5, 0.6) is 5.75 Å². The molecule has 4 heteroatoms. The van der Waals surface area contributed by atoms with E-state index >= 15 is 0 Å². The average molecular weight is 271 g/mol. The summed E-state index contributed by atoms with van der Waals surface area (Å²) in [5.74, 6) is -0.00924. The van der Waals surface area contributed by atoms with Crippen molar-refractivity contribution in [3.63, 3.8) is 0 Å². The van der Waals surface area contributed by atoms with Crippen LogP contribution >= 0.6 is 0 Å². The largest absolute Gasteiger partial charge is 0.486 e. The maximum Gasteiger partial charge on any atom is 0.303 e. The van der Waals surface area contributed by atoms with Gasteiger partial charge in [-0.05, 0) is 48.7 Å². The fraction of sp³-hybridized carbons (Fsp3) is 0.250. The van der Waals surface area contributed by atoms with Crippen molar-refractivity contribution in [2.24, 2.45) is 0 Å². The van der Waals surface area contributed by atoms with Gasteiger partial charge in [0.15, 0.2) is 0 Å². The fourth-order valence-electron chi connectivity index (χ4n) is 1.89. The van der Waals surface area contributed by atoms with E-state index in [4.69, 9.17) is 9.84 Å². The van der Waals surface area contributed by atoms with Crippen molar-refractivity contribution < 1.29 is 14.6 Å². The van der Waals surface area contributed by atoms with Crippen molar-refractivity contribution in [3.8, 4) is 5.75 Å². The SMILES string of the molecule is CC(Oc1ccc(CCC(=O)O)cc1)c1ccncc1. The highest BCUT2D eigenvalue weighted by molar-refractivity contribution is 5.67. The molecule has 0 aliphatic rings. The van der Waals surface area contributed by atoms with Crippen LogP contribution in [-0.2, 0) is 11.2 Å². The van der Waals surface area contributed by atoms with Gasteiger partial charge in [0.1, 0.15) is 11.9 Å². The molecule has 0 aliphatic heterocycles. The van der Waals surface area contributed by atoms with Gasteiger partial charge in [0.25, 0.3) is 0 Å². The fourth-order valence-corrected chi connectivity index (χ4v) is 1.89. The molecule has 0 amide bonds.